The van der Waals surface area contributed by atoms with Crippen LogP contribution in [-0.4, -0.2) is 286 Å². The van der Waals surface area contributed by atoms with Crippen LogP contribution in [0.25, 0.3) is 10.9 Å². The van der Waals surface area contributed by atoms with Gasteiger partial charge in [0.2, 0.25) is 100 Å². The number of carboxylic acid groups (broad SMARTS) is 1. The predicted molar refractivity (Wildman–Crippen MR) is 526 cm³/mol. The lowest BCUT2D eigenvalue weighted by atomic mass is 9.96. The number of phenols is 1. The summed E-state index contributed by atoms with van der Waals surface area (Å²) in [5.41, 5.74) is 30.6. The van der Waals surface area contributed by atoms with Crippen LogP contribution < -0.4 is 114 Å². The number of aromatic nitrogens is 5. The molecule has 6 rings (SSSR count). The number of likely N-dealkylation sites (tertiary alicyclic amines) is 1. The van der Waals surface area contributed by atoms with Crippen LogP contribution in [0.2, 0.25) is 0 Å². The van der Waals surface area contributed by atoms with Crippen LogP contribution in [0.3, 0.4) is 0 Å². The SMILES string of the molecule is CC[C@H](C)[C@H](NC(=O)[C@H](CCC(N)=O)NC(=O)[C@H](Cc1cnc[nH]1)NC(=O)[C@@H](NC(=O)[C@H](Cc1c[nH]c2ccccc12)NC(=O)[C@H](CO)NC(=O)[C@H](CCC(N)=O)NC(=O)[C@@H]1CCCN1C(=O)[C@H](Cc1cnc[nH]1)NC(=O)[C@@H](NC(=O)[C@H](CCCNC(=N)N)NC(=O)[C@H](CC(C)C)NC(=O)[C@H](Cc1ccc(O)cc1)NC(=O)[C@@H](N)CCCNC(=N)N)[C@@H](C)CC)C(C)C)C(=O)N[C@@H](C)C(=O)N[C@@H](CC(C)C)C(=O)O. The molecule has 0 radical (unpaired) electrons. The quantitative estimate of drug-likeness (QED) is 0.00995. The first-order chi connectivity index (χ1) is 68.1. The molecule has 792 valence electrons. The summed E-state index contributed by atoms with van der Waals surface area (Å²) < 4.78 is 0. The number of rotatable bonds is 62. The van der Waals surface area contributed by atoms with Crippen molar-refractivity contribution in [2.75, 3.05) is 26.2 Å². The van der Waals surface area contributed by atoms with Gasteiger partial charge in [0.05, 0.1) is 25.3 Å². The number of fused-ring (bicyclic) bond motifs is 1. The van der Waals surface area contributed by atoms with Crippen LogP contribution in [0.4, 0.5) is 0 Å². The van der Waals surface area contributed by atoms with E-state index in [0.717, 1.165) is 4.90 Å². The number of para-hydroxylation sites is 1. The molecule has 50 nitrogen and oxygen atoms in total. The third kappa shape index (κ3) is 38.5. The maximum Gasteiger partial charge on any atom is 0.326 e. The summed E-state index contributed by atoms with van der Waals surface area (Å²) >= 11 is 0. The standard InChI is InChI=1S/C94H145N29O21/c1-12-50(9)75(89(140)109-52(11)77(128)118-69(92(143)144)36-48(5)6)121-81(132)63(29-31-73(97)127)111-84(135)67(39-55-42-102-45-107-55)116-88(139)74(49(7)8)120-85(136)66(38-54-41-106-60-21-15-14-19-58(54)60)115-86(137)70(44-124)119-79(130)62(28-30-72(96)126)112-87(138)71-23-18-34-123(71)91(142)68(40-56-43-103-46-108-56)117-90(141)76(51(10)13-2)122-80(131)61(22-17-33-105-94(100)101)110-82(133)64(35-47(3)4)114-83(134)65(37-53-24-26-57(125)27-25-53)113-78(129)59(95)20-16-32-104-93(98)99/h14-15,19,21,24-27,41-43,45-52,59,61-71,74-76,106,124-125H,12-13,16-18,20,22-23,28-40,44,95H2,1-11H3,(H2,96,126)(H2,97,127)(H,102,107)(H,103,108)(H,109,140)(H,110,133)(H,111,135)(H,112,138)(H,113,129)(H,114,134)(H,115,137)(H,116,139)(H,117,141)(H,118,128)(H,119,130)(H,120,136)(H,121,132)(H,122,131)(H,143,144)(H4,98,99,104)(H4,100,101,105)/t50-,51-,52-,59-,61-,62-,63-,64-,65-,66-,67-,68-,69-,70-,71-,74-,75-,76-/m0/s1. The van der Waals surface area contributed by atoms with Gasteiger partial charge in [0, 0.05) is 99.0 Å². The van der Waals surface area contributed by atoms with Crippen molar-refractivity contribution >= 4 is 129 Å². The summed E-state index contributed by atoms with van der Waals surface area (Å²) in [5, 5.41) is 88.5. The van der Waals surface area contributed by atoms with Crippen molar-refractivity contribution in [3.05, 3.63) is 102 Å². The molecule has 34 N–H and O–H groups in total. The Bertz CT molecular complexity index is 5190. The van der Waals surface area contributed by atoms with Gasteiger partial charge < -0.3 is 149 Å². The first-order valence-corrected chi connectivity index (χ1v) is 48.3. The molecule has 0 spiro atoms. The first-order valence-electron chi connectivity index (χ1n) is 48.3. The molecule has 5 aromatic rings. The number of carbonyl (C=O) groups is 18. The van der Waals surface area contributed by atoms with Gasteiger partial charge >= 0.3 is 5.97 Å². The fraction of sp³-hybridized carbons (Fsp3) is 0.574. The molecule has 0 unspecified atom stereocenters. The zero-order chi connectivity index (χ0) is 107. The number of nitrogens with two attached hydrogens (primary N) is 5. The molecule has 4 heterocycles. The summed E-state index contributed by atoms with van der Waals surface area (Å²) in [6.07, 6.45) is 4.83. The Labute approximate surface area is 833 Å². The van der Waals surface area contributed by atoms with E-state index >= 15 is 14.4 Å². The van der Waals surface area contributed by atoms with E-state index in [4.69, 9.17) is 39.5 Å². The maximum atomic E-state index is 15.3. The molecular weight excluding hydrogens is 1870 g/mol. The van der Waals surface area contributed by atoms with Crippen molar-refractivity contribution in [1.82, 2.24) is 115 Å². The average Bonchev–Trinajstić information content (AvgIpc) is 1.84. The fourth-order valence-electron chi connectivity index (χ4n) is 15.9. The number of hydrogen-bond acceptors (Lipinski definition) is 25. The van der Waals surface area contributed by atoms with E-state index in [9.17, 15) is 87.2 Å². The number of benzene rings is 2. The average molecular weight is 2020 g/mol. The van der Waals surface area contributed by atoms with Crippen LogP contribution >= 0.6 is 0 Å². The Kier molecular flexibility index (Phi) is 47.9. The van der Waals surface area contributed by atoms with Crippen molar-refractivity contribution < 1.29 is 102 Å². The number of phenolic OH excluding ortho intramolecular Hbond substituents is 1. The number of carboxylic acids is 1. The van der Waals surface area contributed by atoms with Gasteiger partial charge in [-0.1, -0.05) is 112 Å². The van der Waals surface area contributed by atoms with Gasteiger partial charge in [-0.2, -0.15) is 0 Å². The summed E-state index contributed by atoms with van der Waals surface area (Å²) in [7, 11) is 0. The number of amides is 17. The molecule has 0 saturated carbocycles. The molecule has 2 aromatic carbocycles. The Hall–Kier alpha value is -14.9. The van der Waals surface area contributed by atoms with Crippen molar-refractivity contribution in [2.45, 2.75) is 288 Å². The number of hydrogen-bond donors (Lipinski definition) is 29. The molecule has 3 aromatic heterocycles. The van der Waals surface area contributed by atoms with E-state index in [1.54, 1.807) is 99.7 Å². The highest BCUT2D eigenvalue weighted by Crippen LogP contribution is 2.25. The number of aromatic hydroxyl groups is 1. The minimum Gasteiger partial charge on any atom is -0.508 e. The fourth-order valence-corrected chi connectivity index (χ4v) is 15.9. The van der Waals surface area contributed by atoms with Crippen molar-refractivity contribution in [3.63, 3.8) is 0 Å². The Balaban J connectivity index is 1.22. The summed E-state index contributed by atoms with van der Waals surface area (Å²) in [5.74, 6) is -20.6. The number of aromatic amines is 3. The largest absolute Gasteiger partial charge is 0.508 e. The molecule has 1 aliphatic heterocycles. The van der Waals surface area contributed by atoms with Crippen LogP contribution in [0.5, 0.6) is 5.75 Å². The monoisotopic (exact) mass is 2020 g/mol. The minimum absolute atomic E-state index is 0.00737. The van der Waals surface area contributed by atoms with Crippen LogP contribution in [0, 0.1) is 40.4 Å². The Morgan fingerprint density at radius 1 is 0.458 bits per heavy atom. The maximum absolute atomic E-state index is 15.3. The van der Waals surface area contributed by atoms with Crippen molar-refractivity contribution in [2.24, 2.45) is 58.3 Å². The highest BCUT2D eigenvalue weighted by molar-refractivity contribution is 6.02. The number of nitrogens with one attached hydrogen (secondary N) is 21. The zero-order valence-electron chi connectivity index (χ0n) is 83.1. The normalized spacial score (nSPS) is 15.9. The summed E-state index contributed by atoms with van der Waals surface area (Å²) in [4.78, 5) is 274. The molecule has 1 fully saturated rings. The van der Waals surface area contributed by atoms with E-state index in [2.05, 4.69) is 110 Å². The number of aliphatic hydroxyl groups excluding tert-OH is 1. The lowest BCUT2D eigenvalue weighted by Crippen LogP contribution is -2.62. The second kappa shape index (κ2) is 58.5. The Morgan fingerprint density at radius 2 is 0.882 bits per heavy atom. The molecule has 1 aliphatic rings. The molecule has 0 aliphatic carbocycles. The summed E-state index contributed by atoms with van der Waals surface area (Å²) in [6, 6.07) is -11.2. The molecule has 1 saturated heterocycles. The summed E-state index contributed by atoms with van der Waals surface area (Å²) in [6.45, 7) is 17.1. The smallest absolute Gasteiger partial charge is 0.326 e. The van der Waals surface area contributed by atoms with Gasteiger partial charge in [-0.25, -0.2) is 14.8 Å². The highest BCUT2D eigenvalue weighted by atomic mass is 16.4. The number of guanidine groups is 2. The molecule has 50 heteroatoms. The predicted octanol–water partition coefficient (Wildman–Crippen LogP) is -4.31. The third-order valence-corrected chi connectivity index (χ3v) is 24.4. The van der Waals surface area contributed by atoms with Crippen LogP contribution in [-0.2, 0) is 112 Å². The lowest BCUT2D eigenvalue weighted by molar-refractivity contribution is -0.143. The highest BCUT2D eigenvalue weighted by Gasteiger charge is 2.44. The third-order valence-electron chi connectivity index (χ3n) is 24.4. The molecule has 144 heavy (non-hydrogen) atoms. The van der Waals surface area contributed by atoms with E-state index in [-0.39, 0.29) is 132 Å². The zero-order valence-corrected chi connectivity index (χ0v) is 83.1. The van der Waals surface area contributed by atoms with E-state index in [0.29, 0.717) is 34.1 Å². The van der Waals surface area contributed by atoms with Gasteiger partial charge in [-0.3, -0.25) is 92.3 Å². The van der Waals surface area contributed by atoms with E-state index in [1.807, 2.05) is 0 Å². The second-order valence-electron chi connectivity index (χ2n) is 37.4. The van der Waals surface area contributed by atoms with E-state index in [1.165, 1.54) is 56.2 Å². The first kappa shape index (κ1) is 118. The topological polar surface area (TPSA) is 815 Å². The lowest BCUT2D eigenvalue weighted by Gasteiger charge is -2.32. The number of aliphatic hydroxyl groups is 1. The van der Waals surface area contributed by atoms with Crippen LogP contribution in [0.1, 0.15) is 189 Å². The van der Waals surface area contributed by atoms with Crippen molar-refractivity contribution in [3.8, 4) is 5.75 Å². The molecular formula is C94H145N29O21. The number of H-pyrrole nitrogens is 3. The molecule has 17 amide bonds. The number of aliphatic carboxylic acids is 1. The number of carbonyl (C=O) groups excluding carboxylic acids is 17. The number of nitrogens with zero attached hydrogens (tertiary/aromatic N) is 3. The van der Waals surface area contributed by atoms with Gasteiger partial charge in [0.25, 0.3) is 0 Å². The van der Waals surface area contributed by atoms with Crippen LogP contribution in [0.15, 0.2) is 79.8 Å². The van der Waals surface area contributed by atoms with Crippen molar-refractivity contribution in [1.29, 1.82) is 10.8 Å². The van der Waals surface area contributed by atoms with E-state index < -0.39 is 259 Å². The van der Waals surface area contributed by atoms with Gasteiger partial charge in [0.15, 0.2) is 11.9 Å². The van der Waals surface area contributed by atoms with Gasteiger partial charge in [-0.05, 0) is 130 Å². The molecule has 0 bridgehead atoms. The minimum atomic E-state index is -1.96. The Morgan fingerprint density at radius 3 is 1.40 bits per heavy atom. The number of primary amides is 2. The molecule has 18 atom stereocenters. The van der Waals surface area contributed by atoms with Gasteiger partial charge in [0.1, 0.15) is 96.4 Å². The van der Waals surface area contributed by atoms with Gasteiger partial charge in [-0.15, -0.1) is 0 Å². The number of imidazole rings is 2. The second-order valence-corrected chi connectivity index (χ2v) is 37.4.